The molecule has 0 aromatic carbocycles. The highest BCUT2D eigenvalue weighted by Gasteiger charge is 2.27. The number of hydrogen-bond donors (Lipinski definition) is 0. The fraction of sp³-hybridized carbons (Fsp3) is 0.600. The van der Waals surface area contributed by atoms with Gasteiger partial charge >= 0.3 is 0 Å². The Kier molecular flexibility index (Phi) is 5.00. The molecule has 2 aromatic rings. The van der Waals surface area contributed by atoms with Crippen LogP contribution in [0.5, 0.6) is 0 Å². The molecular weight excluding hydrogens is 346 g/mol. The highest BCUT2D eigenvalue weighted by Crippen LogP contribution is 2.24. The van der Waals surface area contributed by atoms with E-state index in [-0.39, 0.29) is 11.0 Å². The van der Waals surface area contributed by atoms with E-state index < -0.39 is 9.84 Å². The van der Waals surface area contributed by atoms with E-state index in [4.69, 9.17) is 9.26 Å². The van der Waals surface area contributed by atoms with Gasteiger partial charge in [-0.3, -0.25) is 0 Å². The van der Waals surface area contributed by atoms with Crippen LogP contribution in [0.1, 0.15) is 24.5 Å². The summed E-state index contributed by atoms with van der Waals surface area (Å²) in [6.07, 6.45) is 3.54. The van der Waals surface area contributed by atoms with E-state index in [1.807, 2.05) is 11.8 Å². The van der Waals surface area contributed by atoms with Crippen LogP contribution in [0.3, 0.4) is 0 Å². The molecule has 3 heterocycles. The number of ether oxygens (including phenoxy) is 1. The largest absolute Gasteiger partial charge is 0.374 e. The molecule has 9 nitrogen and oxygen atoms in total. The summed E-state index contributed by atoms with van der Waals surface area (Å²) in [6.45, 7) is 5.20. The molecule has 0 spiro atoms. The van der Waals surface area contributed by atoms with Crippen molar-refractivity contribution in [2.45, 2.75) is 37.7 Å². The zero-order valence-electron chi connectivity index (χ0n) is 14.5. The van der Waals surface area contributed by atoms with Crippen LogP contribution in [-0.4, -0.2) is 60.6 Å². The van der Waals surface area contributed by atoms with Gasteiger partial charge in [0.2, 0.25) is 5.89 Å². The lowest BCUT2D eigenvalue weighted by Crippen LogP contribution is -2.44. The van der Waals surface area contributed by atoms with Gasteiger partial charge in [-0.1, -0.05) is 12.1 Å². The molecule has 136 valence electrons. The molecule has 0 radical (unpaired) electrons. The Balaban J connectivity index is 1.80. The number of aryl methyl sites for hydroxylation is 2. The molecule has 3 rings (SSSR count). The van der Waals surface area contributed by atoms with Crippen LogP contribution in [0.15, 0.2) is 15.6 Å². The van der Waals surface area contributed by atoms with Gasteiger partial charge in [0.1, 0.15) is 10.7 Å². The summed E-state index contributed by atoms with van der Waals surface area (Å²) in [6, 6.07) is 0. The maximum absolute atomic E-state index is 12.0. The Morgan fingerprint density at radius 1 is 1.36 bits per heavy atom. The van der Waals surface area contributed by atoms with Crippen LogP contribution in [0.25, 0.3) is 0 Å². The molecule has 2 aromatic heterocycles. The van der Waals surface area contributed by atoms with Crippen LogP contribution in [0.4, 0.5) is 5.82 Å². The molecule has 10 heteroatoms. The first kappa shape index (κ1) is 17.7. The molecule has 0 N–H and O–H groups in total. The van der Waals surface area contributed by atoms with Crippen molar-refractivity contribution in [3.8, 4) is 0 Å². The third-order valence-corrected chi connectivity index (χ3v) is 5.00. The zero-order valence-corrected chi connectivity index (χ0v) is 15.3. The lowest BCUT2D eigenvalue weighted by atomic mass is 10.2. The van der Waals surface area contributed by atoms with Crippen LogP contribution >= 0.6 is 0 Å². The van der Waals surface area contributed by atoms with Crippen molar-refractivity contribution in [3.63, 3.8) is 0 Å². The number of sulfone groups is 1. The first-order valence-electron chi connectivity index (χ1n) is 8.08. The van der Waals surface area contributed by atoms with Gasteiger partial charge in [0.25, 0.3) is 0 Å². The fourth-order valence-corrected chi connectivity index (χ4v) is 3.44. The standard InChI is InChI=1S/C15H21N5O4S/c1-4-14-18-13(19-24-14)7-11-9-20(5-6-23-11)15-12(25(3,21)22)8-16-10(2)17-15/h8,11H,4-7,9H2,1-3H3/t11-/m0/s1. The molecule has 0 unspecified atom stereocenters. The van der Waals surface area contributed by atoms with Gasteiger partial charge in [0.05, 0.1) is 18.9 Å². The van der Waals surface area contributed by atoms with Crippen molar-refractivity contribution in [1.82, 2.24) is 20.1 Å². The van der Waals surface area contributed by atoms with Crippen LogP contribution < -0.4 is 4.90 Å². The normalized spacial score (nSPS) is 18.5. The minimum Gasteiger partial charge on any atom is -0.374 e. The number of morpholine rings is 1. The Morgan fingerprint density at radius 2 is 2.16 bits per heavy atom. The van der Waals surface area contributed by atoms with Crippen LogP contribution in [0, 0.1) is 6.92 Å². The Morgan fingerprint density at radius 3 is 2.84 bits per heavy atom. The topological polar surface area (TPSA) is 111 Å². The third kappa shape index (κ3) is 4.13. The van der Waals surface area contributed by atoms with Crippen LogP contribution in [0.2, 0.25) is 0 Å². The summed E-state index contributed by atoms with van der Waals surface area (Å²) in [4.78, 5) is 14.7. The van der Waals surface area contributed by atoms with Crippen molar-refractivity contribution < 1.29 is 17.7 Å². The molecule has 25 heavy (non-hydrogen) atoms. The minimum absolute atomic E-state index is 0.131. The lowest BCUT2D eigenvalue weighted by molar-refractivity contribution is 0.0390. The van der Waals surface area contributed by atoms with E-state index >= 15 is 0 Å². The maximum Gasteiger partial charge on any atom is 0.226 e. The number of anilines is 1. The maximum atomic E-state index is 12.0. The van der Waals surface area contributed by atoms with E-state index in [0.29, 0.717) is 55.9 Å². The van der Waals surface area contributed by atoms with Gasteiger partial charge in [0.15, 0.2) is 21.5 Å². The van der Waals surface area contributed by atoms with Gasteiger partial charge in [-0.25, -0.2) is 18.4 Å². The first-order valence-corrected chi connectivity index (χ1v) is 9.97. The highest BCUT2D eigenvalue weighted by atomic mass is 32.2. The number of aromatic nitrogens is 4. The van der Waals surface area contributed by atoms with E-state index in [1.54, 1.807) is 6.92 Å². The second kappa shape index (κ2) is 7.04. The molecule has 1 aliphatic rings. The van der Waals surface area contributed by atoms with E-state index in [0.717, 1.165) is 6.26 Å². The summed E-state index contributed by atoms with van der Waals surface area (Å²) < 4.78 is 35.0. The monoisotopic (exact) mass is 367 g/mol. The number of rotatable bonds is 5. The molecule has 1 fully saturated rings. The van der Waals surface area contributed by atoms with Crippen molar-refractivity contribution in [3.05, 3.63) is 23.7 Å². The Labute approximate surface area is 146 Å². The van der Waals surface area contributed by atoms with Crippen molar-refractivity contribution >= 4 is 15.7 Å². The van der Waals surface area contributed by atoms with Gasteiger partial charge < -0.3 is 14.2 Å². The smallest absolute Gasteiger partial charge is 0.226 e. The molecular formula is C15H21N5O4S. The fourth-order valence-electron chi connectivity index (χ4n) is 2.69. The average Bonchev–Trinajstić information content (AvgIpc) is 3.01. The van der Waals surface area contributed by atoms with Crippen molar-refractivity contribution in [1.29, 1.82) is 0 Å². The Hall–Kier alpha value is -2.07. The van der Waals surface area contributed by atoms with E-state index in [9.17, 15) is 8.42 Å². The van der Waals surface area contributed by atoms with Gasteiger partial charge in [-0.2, -0.15) is 4.98 Å². The number of hydrogen-bond acceptors (Lipinski definition) is 9. The van der Waals surface area contributed by atoms with E-state index in [2.05, 4.69) is 20.1 Å². The van der Waals surface area contributed by atoms with Crippen molar-refractivity contribution in [2.24, 2.45) is 0 Å². The highest BCUT2D eigenvalue weighted by molar-refractivity contribution is 7.90. The van der Waals surface area contributed by atoms with Gasteiger partial charge in [-0.15, -0.1) is 0 Å². The molecule has 0 aliphatic carbocycles. The predicted molar refractivity (Wildman–Crippen MR) is 89.2 cm³/mol. The van der Waals surface area contributed by atoms with Crippen molar-refractivity contribution in [2.75, 3.05) is 30.9 Å². The minimum atomic E-state index is -3.42. The second-order valence-electron chi connectivity index (χ2n) is 5.98. The molecule has 1 aliphatic heterocycles. The summed E-state index contributed by atoms with van der Waals surface area (Å²) in [7, 11) is -3.42. The Bertz CT molecular complexity index is 851. The summed E-state index contributed by atoms with van der Waals surface area (Å²) >= 11 is 0. The average molecular weight is 367 g/mol. The quantitative estimate of drug-likeness (QED) is 0.749. The third-order valence-electron chi connectivity index (χ3n) is 3.92. The van der Waals surface area contributed by atoms with Gasteiger partial charge in [0, 0.05) is 32.2 Å². The molecule has 0 saturated carbocycles. The van der Waals surface area contributed by atoms with E-state index in [1.165, 1.54) is 6.20 Å². The second-order valence-corrected chi connectivity index (χ2v) is 7.96. The summed E-state index contributed by atoms with van der Waals surface area (Å²) in [5, 5.41) is 3.94. The molecule has 1 atom stereocenters. The SMILES string of the molecule is CCc1nc(C[C@H]2CN(c3nc(C)ncc3S(C)(=O)=O)CCO2)no1. The molecule has 1 saturated heterocycles. The molecule has 0 bridgehead atoms. The summed E-state index contributed by atoms with van der Waals surface area (Å²) in [5.74, 6) is 2.13. The predicted octanol–water partition coefficient (Wildman–Crippen LogP) is 0.582. The first-order chi connectivity index (χ1) is 11.9. The number of nitrogens with zero attached hydrogens (tertiary/aromatic N) is 5. The lowest BCUT2D eigenvalue weighted by Gasteiger charge is -2.34. The zero-order chi connectivity index (χ0) is 18.0. The summed E-state index contributed by atoms with van der Waals surface area (Å²) in [5.41, 5.74) is 0. The van der Waals surface area contributed by atoms with Crippen LogP contribution in [-0.2, 0) is 27.4 Å². The van der Waals surface area contributed by atoms with Gasteiger partial charge in [-0.05, 0) is 6.92 Å². The molecule has 0 amide bonds.